The van der Waals surface area contributed by atoms with Gasteiger partial charge in [0, 0.05) is 17.8 Å². The Kier molecular flexibility index (Phi) is 7.07. The molecular weight excluding hydrogens is 513 g/mol. The minimum Gasteiger partial charge on any atom is -0.462 e. The smallest absolute Gasteiger partial charge is 0.416 e. The second kappa shape index (κ2) is 10.5. The lowest BCUT2D eigenvalue weighted by molar-refractivity contribution is -0.137. The highest BCUT2D eigenvalue weighted by Gasteiger charge is 2.30. The molecule has 1 fully saturated rings. The fourth-order valence-electron chi connectivity index (χ4n) is 4.96. The SMILES string of the molecule is CCOC(=O)c1cc2c(=O)n3ccccc3nc2n(C2CCCCC2)c1=NC(=O)c1ccc(C(F)(F)F)cc1. The highest BCUT2D eigenvalue weighted by atomic mass is 19.4. The number of nitrogens with zero attached hydrogens (tertiary/aromatic N) is 4. The van der Waals surface area contributed by atoms with Gasteiger partial charge >= 0.3 is 12.1 Å². The van der Waals surface area contributed by atoms with Gasteiger partial charge in [0.15, 0.2) is 5.49 Å². The van der Waals surface area contributed by atoms with Crippen LogP contribution < -0.4 is 11.0 Å². The van der Waals surface area contributed by atoms with Crippen molar-refractivity contribution < 1.29 is 27.5 Å². The molecule has 8 nitrogen and oxygen atoms in total. The highest BCUT2D eigenvalue weighted by molar-refractivity contribution is 5.97. The summed E-state index contributed by atoms with van der Waals surface area (Å²) in [5, 5.41) is 0.160. The molecule has 0 atom stereocenters. The van der Waals surface area contributed by atoms with Gasteiger partial charge in [-0.05, 0) is 62.2 Å². The lowest BCUT2D eigenvalue weighted by atomic mass is 9.94. The summed E-state index contributed by atoms with van der Waals surface area (Å²) in [5.41, 5.74) is -0.861. The van der Waals surface area contributed by atoms with Crippen molar-refractivity contribution in [3.63, 3.8) is 0 Å². The molecule has 0 aliphatic heterocycles. The third kappa shape index (κ3) is 5.08. The standard InChI is InChI=1S/C28H25F3N4O4/c1-2-39-27(38)21-16-20-23(32-22-10-6-7-15-34(22)26(20)37)35(19-8-4-3-5-9-19)24(21)33-25(36)17-11-13-18(14-12-17)28(29,30)31/h6-7,10-16,19H,2-5,8-9H2,1H3. The maximum atomic E-state index is 13.5. The Morgan fingerprint density at radius 2 is 1.79 bits per heavy atom. The zero-order valence-corrected chi connectivity index (χ0v) is 21.1. The predicted molar refractivity (Wildman–Crippen MR) is 136 cm³/mol. The van der Waals surface area contributed by atoms with Gasteiger partial charge in [0.2, 0.25) is 0 Å². The molecule has 3 heterocycles. The molecule has 39 heavy (non-hydrogen) atoms. The molecule has 3 aromatic heterocycles. The van der Waals surface area contributed by atoms with Crippen LogP contribution in [0.1, 0.15) is 71.3 Å². The van der Waals surface area contributed by atoms with E-state index < -0.39 is 29.2 Å². The van der Waals surface area contributed by atoms with Crippen LogP contribution in [0, 0.1) is 0 Å². The van der Waals surface area contributed by atoms with E-state index in [-0.39, 0.29) is 40.3 Å². The number of halogens is 3. The molecule has 11 heteroatoms. The summed E-state index contributed by atoms with van der Waals surface area (Å²) in [6.07, 6.45) is 1.23. The fourth-order valence-corrected chi connectivity index (χ4v) is 4.96. The average Bonchev–Trinajstić information content (AvgIpc) is 2.93. The van der Waals surface area contributed by atoms with Crippen molar-refractivity contribution in [1.82, 2.24) is 14.0 Å². The van der Waals surface area contributed by atoms with Crippen LogP contribution in [0.5, 0.6) is 0 Å². The van der Waals surface area contributed by atoms with Crippen LogP contribution in [0.15, 0.2) is 64.5 Å². The van der Waals surface area contributed by atoms with Crippen molar-refractivity contribution in [2.45, 2.75) is 51.2 Å². The van der Waals surface area contributed by atoms with Crippen LogP contribution in [0.25, 0.3) is 16.7 Å². The van der Waals surface area contributed by atoms with Crippen molar-refractivity contribution in [2.24, 2.45) is 4.99 Å². The number of amides is 1. The molecule has 5 rings (SSSR count). The first kappa shape index (κ1) is 26.3. The number of esters is 1. The number of carbonyl (C=O) groups is 2. The first-order valence-corrected chi connectivity index (χ1v) is 12.7. The first-order valence-electron chi connectivity index (χ1n) is 12.7. The molecule has 0 unspecified atom stereocenters. The van der Waals surface area contributed by atoms with Crippen molar-refractivity contribution in [3.8, 4) is 0 Å². The van der Waals surface area contributed by atoms with Crippen molar-refractivity contribution >= 4 is 28.6 Å². The Labute approximate surface area is 220 Å². The van der Waals surface area contributed by atoms with Gasteiger partial charge in [-0.1, -0.05) is 25.3 Å². The largest absolute Gasteiger partial charge is 0.462 e. The van der Waals surface area contributed by atoms with E-state index in [1.165, 1.54) is 10.5 Å². The van der Waals surface area contributed by atoms with Crippen LogP contribution in [0.2, 0.25) is 0 Å². The Morgan fingerprint density at radius 3 is 2.46 bits per heavy atom. The number of fused-ring (bicyclic) bond motifs is 2. The second-order valence-electron chi connectivity index (χ2n) is 9.34. The summed E-state index contributed by atoms with van der Waals surface area (Å²) < 4.78 is 47.4. The minimum absolute atomic E-state index is 0.0371. The van der Waals surface area contributed by atoms with Crippen molar-refractivity contribution in [1.29, 1.82) is 0 Å². The summed E-state index contributed by atoms with van der Waals surface area (Å²) >= 11 is 0. The average molecular weight is 539 g/mol. The molecule has 1 saturated carbocycles. The zero-order valence-electron chi connectivity index (χ0n) is 21.1. The number of benzene rings is 1. The Hall–Kier alpha value is -4.28. The normalized spacial score (nSPS) is 15.1. The third-order valence-corrected chi connectivity index (χ3v) is 6.84. The fraction of sp³-hybridized carbons (Fsp3) is 0.321. The maximum Gasteiger partial charge on any atom is 0.416 e. The van der Waals surface area contributed by atoms with Gasteiger partial charge in [0.25, 0.3) is 11.5 Å². The first-order chi connectivity index (χ1) is 18.7. The molecule has 0 saturated heterocycles. The number of ether oxygens (including phenoxy) is 1. The number of aromatic nitrogens is 3. The number of pyridine rings is 2. The molecule has 1 aliphatic rings. The quantitative estimate of drug-likeness (QED) is 0.267. The molecular formula is C28H25F3N4O4. The molecule has 1 aliphatic carbocycles. The Bertz CT molecular complexity index is 1700. The van der Waals surface area contributed by atoms with E-state index in [1.54, 1.807) is 35.9 Å². The minimum atomic E-state index is -4.55. The lowest BCUT2D eigenvalue weighted by Gasteiger charge is -2.27. The molecule has 202 valence electrons. The van der Waals surface area contributed by atoms with Crippen LogP contribution in [0.4, 0.5) is 13.2 Å². The van der Waals surface area contributed by atoms with Gasteiger partial charge in [-0.2, -0.15) is 18.2 Å². The predicted octanol–water partition coefficient (Wildman–Crippen LogP) is 5.09. The van der Waals surface area contributed by atoms with E-state index in [9.17, 15) is 27.6 Å². The van der Waals surface area contributed by atoms with E-state index in [2.05, 4.69) is 4.99 Å². The number of carbonyl (C=O) groups excluding carboxylic acids is 2. The third-order valence-electron chi connectivity index (χ3n) is 6.84. The van der Waals surface area contributed by atoms with E-state index in [0.717, 1.165) is 43.5 Å². The summed E-state index contributed by atoms with van der Waals surface area (Å²) in [7, 11) is 0. The van der Waals surface area contributed by atoms with E-state index in [0.29, 0.717) is 18.5 Å². The van der Waals surface area contributed by atoms with E-state index >= 15 is 0 Å². The summed E-state index contributed by atoms with van der Waals surface area (Å²) in [6.45, 7) is 1.67. The van der Waals surface area contributed by atoms with Crippen LogP contribution in [-0.2, 0) is 10.9 Å². The number of hydrogen-bond acceptors (Lipinski definition) is 5. The van der Waals surface area contributed by atoms with Crippen molar-refractivity contribution in [3.05, 3.63) is 87.3 Å². The van der Waals surface area contributed by atoms with Gasteiger partial charge in [-0.3, -0.25) is 14.0 Å². The van der Waals surface area contributed by atoms with Crippen LogP contribution in [0.3, 0.4) is 0 Å². The topological polar surface area (TPSA) is 95.0 Å². The van der Waals surface area contributed by atoms with Crippen LogP contribution >= 0.6 is 0 Å². The summed E-state index contributed by atoms with van der Waals surface area (Å²) in [6, 6.07) is 9.92. The van der Waals surface area contributed by atoms with Gasteiger partial charge in [0.05, 0.1) is 17.6 Å². The highest BCUT2D eigenvalue weighted by Crippen LogP contribution is 2.30. The number of alkyl halides is 3. The molecule has 0 N–H and O–H groups in total. The van der Waals surface area contributed by atoms with Gasteiger partial charge in [-0.15, -0.1) is 0 Å². The Balaban J connectivity index is 1.82. The van der Waals surface area contributed by atoms with Gasteiger partial charge in [-0.25, -0.2) is 9.78 Å². The Morgan fingerprint density at radius 1 is 1.08 bits per heavy atom. The second-order valence-corrected chi connectivity index (χ2v) is 9.34. The summed E-state index contributed by atoms with van der Waals surface area (Å²) in [5.74, 6) is -1.61. The van der Waals surface area contributed by atoms with Gasteiger partial charge in [0.1, 0.15) is 16.9 Å². The molecule has 1 amide bonds. The van der Waals surface area contributed by atoms with E-state index in [1.807, 2.05) is 0 Å². The lowest BCUT2D eigenvalue weighted by Crippen LogP contribution is -2.35. The van der Waals surface area contributed by atoms with E-state index in [4.69, 9.17) is 9.72 Å². The molecule has 1 aromatic carbocycles. The van der Waals surface area contributed by atoms with Gasteiger partial charge < -0.3 is 9.30 Å². The van der Waals surface area contributed by atoms with Crippen molar-refractivity contribution in [2.75, 3.05) is 6.61 Å². The maximum absolute atomic E-state index is 13.5. The number of rotatable bonds is 4. The van der Waals surface area contributed by atoms with Crippen LogP contribution in [-0.4, -0.2) is 32.4 Å². The molecule has 4 aromatic rings. The molecule has 0 spiro atoms. The number of hydrogen-bond donors (Lipinski definition) is 0. The molecule has 0 bridgehead atoms. The summed E-state index contributed by atoms with van der Waals surface area (Å²) in [4.78, 5) is 48.9. The zero-order chi connectivity index (χ0) is 27.7. The molecule has 0 radical (unpaired) electrons. The monoisotopic (exact) mass is 538 g/mol.